The molecule has 0 radical (unpaired) electrons. The molecule has 1 aromatic rings. The van der Waals surface area contributed by atoms with Crippen molar-refractivity contribution in [1.29, 1.82) is 5.41 Å². The third-order valence-corrected chi connectivity index (χ3v) is 3.97. The molecule has 1 saturated heterocycles. The number of morpholine rings is 1. The molecule has 0 atom stereocenters. The molecule has 2 aliphatic rings. The minimum absolute atomic E-state index is 0.00491. The van der Waals surface area contributed by atoms with Gasteiger partial charge in [0.05, 0.1) is 18.9 Å². The van der Waals surface area contributed by atoms with Gasteiger partial charge >= 0.3 is 0 Å². The number of allylic oxidation sites excluding steroid dienone is 1. The minimum atomic E-state index is 0.00491. The first-order chi connectivity index (χ1) is 11.1. The number of rotatable bonds is 2. The molecule has 3 N–H and O–H groups in total. The molecule has 2 aliphatic heterocycles. The number of ether oxygens (including phenoxy) is 1. The maximum atomic E-state index is 12.4. The van der Waals surface area contributed by atoms with Gasteiger partial charge in [0.25, 0.3) is 5.91 Å². The first-order valence-corrected chi connectivity index (χ1v) is 7.37. The van der Waals surface area contributed by atoms with Crippen LogP contribution in [-0.4, -0.2) is 49.2 Å². The van der Waals surface area contributed by atoms with Crippen molar-refractivity contribution >= 4 is 23.5 Å². The summed E-state index contributed by atoms with van der Waals surface area (Å²) in [5.41, 5.74) is 9.07. The van der Waals surface area contributed by atoms with Crippen LogP contribution in [0.4, 0.5) is 0 Å². The van der Waals surface area contributed by atoms with E-state index in [2.05, 4.69) is 11.6 Å². The third kappa shape index (κ3) is 2.93. The Bertz CT molecular complexity index is 725. The lowest BCUT2D eigenvalue weighted by Crippen LogP contribution is -2.40. The molecule has 6 heteroatoms. The third-order valence-electron chi connectivity index (χ3n) is 3.97. The van der Waals surface area contributed by atoms with Crippen molar-refractivity contribution in [2.45, 2.75) is 0 Å². The number of nitrogens with zero attached hydrogens (tertiary/aromatic N) is 2. The minimum Gasteiger partial charge on any atom is -0.398 e. The zero-order valence-electron chi connectivity index (χ0n) is 12.7. The molecule has 1 amide bonds. The van der Waals surface area contributed by atoms with Gasteiger partial charge in [-0.1, -0.05) is 18.7 Å². The molecular weight excluding hydrogens is 292 g/mol. The van der Waals surface area contributed by atoms with E-state index >= 15 is 0 Å². The number of carbonyl (C=O) groups excluding carboxylic acids is 1. The number of aliphatic imine (C=N–C) groups is 1. The van der Waals surface area contributed by atoms with E-state index < -0.39 is 0 Å². The van der Waals surface area contributed by atoms with Crippen LogP contribution >= 0.6 is 0 Å². The first kappa shape index (κ1) is 15.2. The lowest BCUT2D eigenvalue weighted by atomic mass is 9.97. The second kappa shape index (κ2) is 6.18. The fourth-order valence-electron chi connectivity index (χ4n) is 2.54. The molecule has 3 rings (SSSR count). The summed E-state index contributed by atoms with van der Waals surface area (Å²) in [7, 11) is 0. The van der Waals surface area contributed by atoms with Crippen molar-refractivity contribution in [2.75, 3.05) is 26.3 Å². The Morgan fingerprint density at radius 2 is 1.91 bits per heavy atom. The lowest BCUT2D eigenvalue weighted by molar-refractivity contribution is 0.0303. The zero-order chi connectivity index (χ0) is 16.4. The standard InChI is InChI=1S/C17H18N4O2/c1-11-15(18)14(10-20-16(11)19)12-2-4-13(5-3-12)17(22)21-6-8-23-9-7-21/h2-5,10,19H,1,6-9,18H2. The van der Waals surface area contributed by atoms with Crippen LogP contribution in [0.15, 0.2) is 47.1 Å². The highest BCUT2D eigenvalue weighted by atomic mass is 16.5. The van der Waals surface area contributed by atoms with Crippen molar-refractivity contribution in [3.63, 3.8) is 0 Å². The summed E-state index contributed by atoms with van der Waals surface area (Å²) in [6, 6.07) is 7.24. The number of nitrogens with two attached hydrogens (primary N) is 1. The van der Waals surface area contributed by atoms with Crippen LogP contribution in [0.5, 0.6) is 0 Å². The van der Waals surface area contributed by atoms with Crippen molar-refractivity contribution in [1.82, 2.24) is 4.90 Å². The van der Waals surface area contributed by atoms with Crippen molar-refractivity contribution in [3.8, 4) is 0 Å². The van der Waals surface area contributed by atoms with Crippen molar-refractivity contribution < 1.29 is 9.53 Å². The van der Waals surface area contributed by atoms with Gasteiger partial charge in [0, 0.05) is 36.0 Å². The van der Waals surface area contributed by atoms with Crippen LogP contribution in [0.2, 0.25) is 0 Å². The van der Waals surface area contributed by atoms with E-state index in [1.165, 1.54) is 0 Å². The van der Waals surface area contributed by atoms with E-state index in [9.17, 15) is 4.79 Å². The van der Waals surface area contributed by atoms with E-state index in [0.29, 0.717) is 43.1 Å². The molecule has 2 heterocycles. The summed E-state index contributed by atoms with van der Waals surface area (Å²) in [6.45, 7) is 6.16. The fraction of sp³-hybridized carbons (Fsp3) is 0.235. The number of amides is 1. The van der Waals surface area contributed by atoms with Crippen LogP contribution in [0, 0.1) is 5.41 Å². The number of amidine groups is 1. The van der Waals surface area contributed by atoms with Gasteiger partial charge in [0.2, 0.25) is 0 Å². The van der Waals surface area contributed by atoms with Crippen LogP contribution < -0.4 is 5.73 Å². The van der Waals surface area contributed by atoms with Crippen LogP contribution in [0.3, 0.4) is 0 Å². The Balaban J connectivity index is 1.82. The Morgan fingerprint density at radius 1 is 1.26 bits per heavy atom. The average molecular weight is 310 g/mol. The number of dihydropyridines is 1. The van der Waals surface area contributed by atoms with Gasteiger partial charge in [-0.3, -0.25) is 10.2 Å². The van der Waals surface area contributed by atoms with E-state index in [1.54, 1.807) is 23.2 Å². The van der Waals surface area contributed by atoms with E-state index in [0.717, 1.165) is 11.1 Å². The molecule has 1 fully saturated rings. The van der Waals surface area contributed by atoms with Crippen LogP contribution in [0.25, 0.3) is 5.57 Å². The second-order valence-corrected chi connectivity index (χ2v) is 5.39. The van der Waals surface area contributed by atoms with Crippen molar-refractivity contribution in [2.24, 2.45) is 10.7 Å². The Morgan fingerprint density at radius 3 is 2.57 bits per heavy atom. The molecule has 6 nitrogen and oxygen atoms in total. The largest absolute Gasteiger partial charge is 0.398 e. The van der Waals surface area contributed by atoms with E-state index in [-0.39, 0.29) is 11.7 Å². The average Bonchev–Trinajstić information content (AvgIpc) is 2.60. The van der Waals surface area contributed by atoms with Gasteiger partial charge in [-0.05, 0) is 17.7 Å². The molecule has 0 aliphatic carbocycles. The Labute approximate surface area is 134 Å². The topological polar surface area (TPSA) is 91.8 Å². The van der Waals surface area contributed by atoms with Crippen LogP contribution in [-0.2, 0) is 4.74 Å². The summed E-state index contributed by atoms with van der Waals surface area (Å²) in [4.78, 5) is 18.2. The molecule has 0 aromatic heterocycles. The second-order valence-electron chi connectivity index (χ2n) is 5.39. The number of nitrogens with one attached hydrogen (secondary N) is 1. The van der Waals surface area contributed by atoms with Gasteiger partial charge in [0.15, 0.2) is 5.84 Å². The smallest absolute Gasteiger partial charge is 0.254 e. The van der Waals surface area contributed by atoms with Gasteiger partial charge in [-0.2, -0.15) is 0 Å². The SMILES string of the molecule is C=C1C(=N)N=CC(c2ccc(C(=O)N3CCOCC3)cc2)=C1N. The van der Waals surface area contributed by atoms with E-state index in [4.69, 9.17) is 15.9 Å². The maximum Gasteiger partial charge on any atom is 0.254 e. The first-order valence-electron chi connectivity index (χ1n) is 7.37. The molecule has 0 unspecified atom stereocenters. The number of carbonyl (C=O) groups is 1. The summed E-state index contributed by atoms with van der Waals surface area (Å²) < 4.78 is 5.26. The van der Waals surface area contributed by atoms with Crippen molar-refractivity contribution in [3.05, 3.63) is 53.2 Å². The highest BCUT2D eigenvalue weighted by Gasteiger charge is 2.19. The number of hydrogen-bond acceptors (Lipinski definition) is 4. The summed E-state index contributed by atoms with van der Waals surface area (Å²) in [5, 5.41) is 7.61. The molecule has 1 aromatic carbocycles. The van der Waals surface area contributed by atoms with Gasteiger partial charge in [-0.25, -0.2) is 4.99 Å². The van der Waals surface area contributed by atoms with Crippen LogP contribution in [0.1, 0.15) is 15.9 Å². The monoisotopic (exact) mass is 310 g/mol. The molecule has 0 bridgehead atoms. The summed E-state index contributed by atoms with van der Waals surface area (Å²) >= 11 is 0. The lowest BCUT2D eigenvalue weighted by Gasteiger charge is -2.27. The predicted molar refractivity (Wildman–Crippen MR) is 89.6 cm³/mol. The Hall–Kier alpha value is -2.73. The molecule has 0 saturated carbocycles. The fourth-order valence-corrected chi connectivity index (χ4v) is 2.54. The molecule has 118 valence electrons. The quantitative estimate of drug-likeness (QED) is 0.866. The predicted octanol–water partition coefficient (Wildman–Crippen LogP) is 1.45. The van der Waals surface area contributed by atoms with Gasteiger partial charge in [0.1, 0.15) is 0 Å². The maximum absolute atomic E-state index is 12.4. The molecule has 0 spiro atoms. The normalized spacial score (nSPS) is 18.5. The highest BCUT2D eigenvalue weighted by Crippen LogP contribution is 2.23. The number of hydrogen-bond donors (Lipinski definition) is 2. The van der Waals surface area contributed by atoms with E-state index in [1.807, 2.05) is 12.1 Å². The molecular formula is C17H18N4O2. The summed E-state index contributed by atoms with van der Waals surface area (Å²) in [6.07, 6.45) is 1.56. The van der Waals surface area contributed by atoms with Gasteiger partial charge in [-0.15, -0.1) is 0 Å². The van der Waals surface area contributed by atoms with Gasteiger partial charge < -0.3 is 15.4 Å². The number of benzene rings is 1. The Kier molecular flexibility index (Phi) is 4.08. The zero-order valence-corrected chi connectivity index (χ0v) is 12.7. The highest BCUT2D eigenvalue weighted by molar-refractivity contribution is 6.23. The molecule has 23 heavy (non-hydrogen) atoms. The summed E-state index contributed by atoms with van der Waals surface area (Å²) in [5.74, 6) is 0.0793.